The second kappa shape index (κ2) is 9.14. The molecule has 10 heteroatoms. The molecule has 0 radical (unpaired) electrons. The van der Waals surface area contributed by atoms with E-state index in [0.717, 1.165) is 44.0 Å². The second-order valence-electron chi connectivity index (χ2n) is 5.90. The third kappa shape index (κ3) is 6.17. The van der Waals surface area contributed by atoms with Crippen LogP contribution in [-0.4, -0.2) is 52.3 Å². The van der Waals surface area contributed by atoms with Crippen molar-refractivity contribution in [1.29, 1.82) is 0 Å². The number of thiophene rings is 1. The van der Waals surface area contributed by atoms with Crippen LogP contribution >= 0.6 is 11.3 Å². The van der Waals surface area contributed by atoms with Crippen LogP contribution in [0.3, 0.4) is 0 Å². The minimum absolute atomic E-state index is 0.740. The summed E-state index contributed by atoms with van der Waals surface area (Å²) in [5.41, 5.74) is 2.32. The van der Waals surface area contributed by atoms with Gasteiger partial charge in [-0.3, -0.25) is 4.90 Å². The molecule has 0 bridgehead atoms. The van der Waals surface area contributed by atoms with Crippen LogP contribution in [0.2, 0.25) is 0 Å². The van der Waals surface area contributed by atoms with Gasteiger partial charge in [0.25, 0.3) is 0 Å². The van der Waals surface area contributed by atoms with Gasteiger partial charge >= 0.3 is 12.1 Å². The summed E-state index contributed by atoms with van der Waals surface area (Å²) in [7, 11) is 1.68. The number of nitrogens with zero attached hydrogens (tertiary/aromatic N) is 3. The van der Waals surface area contributed by atoms with Crippen molar-refractivity contribution in [3.05, 3.63) is 39.5 Å². The van der Waals surface area contributed by atoms with Crippen LogP contribution in [0.25, 0.3) is 0 Å². The number of hydrogen-bond donors (Lipinski definition) is 1. The van der Waals surface area contributed by atoms with E-state index in [2.05, 4.69) is 33.9 Å². The fourth-order valence-corrected chi connectivity index (χ4v) is 3.60. The van der Waals surface area contributed by atoms with Gasteiger partial charge in [0.1, 0.15) is 6.33 Å². The molecule has 27 heavy (non-hydrogen) atoms. The number of aryl methyl sites for hydroxylation is 1. The largest absolute Gasteiger partial charge is 0.490 e. The first-order valence-electron chi connectivity index (χ1n) is 8.15. The Morgan fingerprint density at radius 3 is 2.52 bits per heavy atom. The fraction of sp³-hybridized carbons (Fsp3) is 0.471. The van der Waals surface area contributed by atoms with Gasteiger partial charge in [0.05, 0.1) is 12.8 Å². The Labute approximate surface area is 158 Å². The molecular weight excluding hydrogens is 383 g/mol. The van der Waals surface area contributed by atoms with Gasteiger partial charge in [-0.1, -0.05) is 0 Å². The summed E-state index contributed by atoms with van der Waals surface area (Å²) < 4.78 is 37.1. The summed E-state index contributed by atoms with van der Waals surface area (Å²) in [4.78, 5) is 22.8. The standard InChI is InChI=1S/C15H19N3OS.C2HF3O2/c1-11-3-4-12(20-11)9-18-7-5-13-14(6-8-18)16-10-17-15(13)19-2;3-2(4,5)1(6)7/h3-4,10H,5-9H2,1-2H3;(H,6,7). The summed E-state index contributed by atoms with van der Waals surface area (Å²) in [5, 5.41) is 7.12. The molecule has 2 aromatic rings. The van der Waals surface area contributed by atoms with Crippen LogP contribution in [-0.2, 0) is 24.2 Å². The number of halogens is 3. The third-order valence-electron chi connectivity index (χ3n) is 3.95. The van der Waals surface area contributed by atoms with E-state index in [0.29, 0.717) is 0 Å². The van der Waals surface area contributed by atoms with Crippen LogP contribution in [0.1, 0.15) is 21.0 Å². The van der Waals surface area contributed by atoms with Gasteiger partial charge in [-0.05, 0) is 25.5 Å². The third-order valence-corrected chi connectivity index (χ3v) is 4.93. The number of ether oxygens (including phenoxy) is 1. The second-order valence-corrected chi connectivity index (χ2v) is 7.27. The minimum atomic E-state index is -5.08. The zero-order valence-corrected chi connectivity index (χ0v) is 15.7. The molecule has 0 spiro atoms. The molecule has 6 nitrogen and oxygen atoms in total. The molecule has 0 aromatic carbocycles. The first-order valence-corrected chi connectivity index (χ1v) is 8.97. The molecule has 148 valence electrons. The number of hydrogen-bond acceptors (Lipinski definition) is 6. The van der Waals surface area contributed by atoms with Gasteiger partial charge in [0.15, 0.2) is 0 Å². The van der Waals surface area contributed by atoms with Crippen LogP contribution in [0.15, 0.2) is 18.5 Å². The average molecular weight is 403 g/mol. The topological polar surface area (TPSA) is 75.6 Å². The first kappa shape index (κ1) is 21.1. The summed E-state index contributed by atoms with van der Waals surface area (Å²) in [5.74, 6) is -2.02. The van der Waals surface area contributed by atoms with Crippen LogP contribution in [0.4, 0.5) is 13.2 Å². The van der Waals surface area contributed by atoms with Gasteiger partial charge in [-0.2, -0.15) is 13.2 Å². The van der Waals surface area contributed by atoms with Gasteiger partial charge < -0.3 is 9.84 Å². The van der Waals surface area contributed by atoms with Crippen molar-refractivity contribution in [2.75, 3.05) is 20.2 Å². The Kier molecular flexibility index (Phi) is 7.14. The zero-order chi connectivity index (χ0) is 20.0. The van der Waals surface area contributed by atoms with E-state index in [-0.39, 0.29) is 0 Å². The Hall–Kier alpha value is -2.20. The van der Waals surface area contributed by atoms with E-state index in [9.17, 15) is 13.2 Å². The number of alkyl halides is 3. The van der Waals surface area contributed by atoms with Gasteiger partial charge in [0, 0.05) is 41.4 Å². The summed E-state index contributed by atoms with van der Waals surface area (Å²) >= 11 is 1.89. The monoisotopic (exact) mass is 403 g/mol. The molecule has 3 rings (SSSR count). The number of aliphatic carboxylic acids is 1. The molecule has 0 aliphatic carbocycles. The number of rotatable bonds is 3. The molecule has 0 amide bonds. The smallest absolute Gasteiger partial charge is 0.481 e. The lowest BCUT2D eigenvalue weighted by Crippen LogP contribution is -2.25. The lowest BCUT2D eigenvalue weighted by atomic mass is 10.1. The molecule has 0 atom stereocenters. The van der Waals surface area contributed by atoms with E-state index in [4.69, 9.17) is 14.6 Å². The molecule has 0 fully saturated rings. The maximum absolute atomic E-state index is 10.6. The molecular formula is C17H20F3N3O3S. The van der Waals surface area contributed by atoms with E-state index >= 15 is 0 Å². The lowest BCUT2D eigenvalue weighted by molar-refractivity contribution is -0.192. The van der Waals surface area contributed by atoms with Crippen molar-refractivity contribution < 1.29 is 27.8 Å². The van der Waals surface area contributed by atoms with Crippen molar-refractivity contribution >= 4 is 17.3 Å². The molecule has 1 N–H and O–H groups in total. The molecule has 1 aliphatic rings. The van der Waals surface area contributed by atoms with Crippen LogP contribution in [0.5, 0.6) is 5.88 Å². The maximum Gasteiger partial charge on any atom is 0.490 e. The highest BCUT2D eigenvalue weighted by Gasteiger charge is 2.38. The number of carboxylic acid groups (broad SMARTS) is 1. The zero-order valence-electron chi connectivity index (χ0n) is 14.9. The minimum Gasteiger partial charge on any atom is -0.481 e. The van der Waals surface area contributed by atoms with Crippen molar-refractivity contribution in [3.63, 3.8) is 0 Å². The molecule has 0 saturated carbocycles. The number of carboxylic acids is 1. The summed E-state index contributed by atoms with van der Waals surface area (Å²) in [6, 6.07) is 4.43. The Bertz CT molecular complexity index is 780. The quantitative estimate of drug-likeness (QED) is 0.849. The number of methoxy groups -OCH3 is 1. The maximum atomic E-state index is 10.6. The number of carbonyl (C=O) groups is 1. The molecule has 2 aromatic heterocycles. The Morgan fingerprint density at radius 1 is 1.30 bits per heavy atom. The average Bonchev–Trinajstić information content (AvgIpc) is 2.90. The number of fused-ring (bicyclic) bond motifs is 1. The van der Waals surface area contributed by atoms with Crippen molar-refractivity contribution in [2.45, 2.75) is 32.5 Å². The predicted octanol–water partition coefficient (Wildman–Crippen LogP) is 3.09. The van der Waals surface area contributed by atoms with Crippen molar-refractivity contribution in [3.8, 4) is 5.88 Å². The molecule has 0 saturated heterocycles. The van der Waals surface area contributed by atoms with Crippen LogP contribution < -0.4 is 4.74 Å². The lowest BCUT2D eigenvalue weighted by Gasteiger charge is -2.18. The summed E-state index contributed by atoms with van der Waals surface area (Å²) in [6.45, 7) is 5.27. The molecule has 0 unspecified atom stereocenters. The van der Waals surface area contributed by atoms with Crippen molar-refractivity contribution in [1.82, 2.24) is 14.9 Å². The van der Waals surface area contributed by atoms with Gasteiger partial charge in [-0.15, -0.1) is 11.3 Å². The normalized spacial score (nSPS) is 14.6. The predicted molar refractivity (Wildman–Crippen MR) is 94.0 cm³/mol. The SMILES string of the molecule is COc1ncnc2c1CCN(Cc1ccc(C)s1)CC2.O=C(O)C(F)(F)F. The highest BCUT2D eigenvalue weighted by molar-refractivity contribution is 7.11. The van der Waals surface area contributed by atoms with Crippen molar-refractivity contribution in [2.24, 2.45) is 0 Å². The summed E-state index contributed by atoms with van der Waals surface area (Å²) in [6.07, 6.45) is -1.54. The number of aromatic nitrogens is 2. The van der Waals surface area contributed by atoms with E-state index in [1.165, 1.54) is 15.3 Å². The first-order chi connectivity index (χ1) is 12.7. The molecule has 1 aliphatic heterocycles. The van der Waals surface area contributed by atoms with E-state index in [1.54, 1.807) is 13.4 Å². The van der Waals surface area contributed by atoms with Gasteiger partial charge in [-0.25, -0.2) is 14.8 Å². The highest BCUT2D eigenvalue weighted by Crippen LogP contribution is 2.23. The van der Waals surface area contributed by atoms with E-state index in [1.807, 2.05) is 11.3 Å². The Balaban J connectivity index is 0.000000321. The Morgan fingerprint density at radius 2 is 1.96 bits per heavy atom. The highest BCUT2D eigenvalue weighted by atomic mass is 32.1. The molecule has 3 heterocycles. The van der Waals surface area contributed by atoms with E-state index < -0.39 is 12.1 Å². The van der Waals surface area contributed by atoms with Gasteiger partial charge in [0.2, 0.25) is 5.88 Å². The van der Waals surface area contributed by atoms with Crippen LogP contribution in [0, 0.1) is 6.92 Å². The fourth-order valence-electron chi connectivity index (χ4n) is 2.67.